The first-order valence-corrected chi connectivity index (χ1v) is 7.97. The van der Waals surface area contributed by atoms with Gasteiger partial charge in [-0.3, -0.25) is 14.4 Å². The van der Waals surface area contributed by atoms with Crippen molar-refractivity contribution >= 4 is 11.7 Å². The van der Waals surface area contributed by atoms with Crippen LogP contribution in [0.1, 0.15) is 58.2 Å². The number of ketones is 1. The number of benzene rings is 1. The van der Waals surface area contributed by atoms with Crippen molar-refractivity contribution in [2.75, 3.05) is 7.05 Å². The summed E-state index contributed by atoms with van der Waals surface area (Å²) in [6.07, 6.45) is 1.86. The van der Waals surface area contributed by atoms with Crippen LogP contribution < -0.4 is 10.9 Å². The zero-order chi connectivity index (χ0) is 17.9. The molecule has 0 spiro atoms. The van der Waals surface area contributed by atoms with Crippen LogP contribution in [0.25, 0.3) is 0 Å². The maximum Gasteiger partial charge on any atom is 0.263 e. The molecule has 24 heavy (non-hydrogen) atoms. The fourth-order valence-electron chi connectivity index (χ4n) is 2.63. The Hall–Kier alpha value is -2.69. The number of rotatable bonds is 5. The number of hydrogen-bond donors (Lipinski definition) is 1. The zero-order valence-corrected chi connectivity index (χ0v) is 14.4. The smallest absolute Gasteiger partial charge is 0.263 e. The molecule has 1 aromatic heterocycles. The minimum atomic E-state index is -0.490. The van der Waals surface area contributed by atoms with Crippen molar-refractivity contribution in [1.29, 1.82) is 0 Å². The minimum absolute atomic E-state index is 0.0173. The molecule has 1 heterocycles. The molecule has 1 atom stereocenters. The van der Waals surface area contributed by atoms with Gasteiger partial charge >= 0.3 is 0 Å². The largest absolute Gasteiger partial charge is 0.355 e. The van der Waals surface area contributed by atoms with E-state index in [-0.39, 0.29) is 17.4 Å². The third-order valence-corrected chi connectivity index (χ3v) is 4.10. The van der Waals surface area contributed by atoms with Crippen molar-refractivity contribution in [2.45, 2.75) is 33.2 Å². The Morgan fingerprint density at radius 2 is 1.96 bits per heavy atom. The van der Waals surface area contributed by atoms with Gasteiger partial charge in [0.2, 0.25) is 0 Å². The molecule has 5 nitrogen and oxygen atoms in total. The van der Waals surface area contributed by atoms with Gasteiger partial charge in [-0.1, -0.05) is 36.8 Å². The maximum atomic E-state index is 12.7. The Labute approximate surface area is 141 Å². The van der Waals surface area contributed by atoms with Gasteiger partial charge in [-0.15, -0.1) is 0 Å². The van der Waals surface area contributed by atoms with Gasteiger partial charge in [-0.2, -0.15) is 0 Å². The number of aryl methyl sites for hydroxylation is 1. The molecule has 0 aliphatic heterocycles. The van der Waals surface area contributed by atoms with Crippen LogP contribution in [0.2, 0.25) is 0 Å². The molecule has 126 valence electrons. The molecule has 1 aromatic carbocycles. The van der Waals surface area contributed by atoms with Gasteiger partial charge in [-0.05, 0) is 25.5 Å². The Kier molecular flexibility index (Phi) is 5.34. The predicted molar refractivity (Wildman–Crippen MR) is 93.7 cm³/mol. The standard InChI is InChI=1S/C19H22N2O3/c1-5-17(22)15-10-16(18(23)20-4)19(24)21(11-15)13(3)14-8-6-7-12(2)9-14/h6-11,13H,5H2,1-4H3,(H,20,23). The van der Waals surface area contributed by atoms with Crippen molar-refractivity contribution in [3.05, 3.63) is 69.1 Å². The van der Waals surface area contributed by atoms with Crippen molar-refractivity contribution in [1.82, 2.24) is 9.88 Å². The first kappa shape index (κ1) is 17.7. The van der Waals surface area contributed by atoms with E-state index in [4.69, 9.17) is 0 Å². The summed E-state index contributed by atoms with van der Waals surface area (Å²) in [5, 5.41) is 2.46. The minimum Gasteiger partial charge on any atom is -0.355 e. The van der Waals surface area contributed by atoms with E-state index >= 15 is 0 Å². The van der Waals surface area contributed by atoms with E-state index in [9.17, 15) is 14.4 Å². The number of carbonyl (C=O) groups excluding carboxylic acids is 2. The number of aromatic nitrogens is 1. The predicted octanol–water partition coefficient (Wildman–Crippen LogP) is 2.72. The van der Waals surface area contributed by atoms with Crippen molar-refractivity contribution < 1.29 is 9.59 Å². The third-order valence-electron chi connectivity index (χ3n) is 4.10. The Bertz CT molecular complexity index is 837. The fraction of sp³-hybridized carbons (Fsp3) is 0.316. The number of Topliss-reactive ketones (excluding diaryl/α,β-unsaturated/α-hetero) is 1. The average Bonchev–Trinajstić information content (AvgIpc) is 2.60. The maximum absolute atomic E-state index is 12.7. The van der Waals surface area contributed by atoms with Crippen LogP contribution in [0.3, 0.4) is 0 Å². The fourth-order valence-corrected chi connectivity index (χ4v) is 2.63. The molecule has 0 aliphatic rings. The molecule has 2 rings (SSSR count). The van der Waals surface area contributed by atoms with Crippen molar-refractivity contribution in [3.63, 3.8) is 0 Å². The summed E-state index contributed by atoms with van der Waals surface area (Å²) in [6.45, 7) is 5.61. The van der Waals surface area contributed by atoms with E-state index in [0.717, 1.165) is 11.1 Å². The highest BCUT2D eigenvalue weighted by molar-refractivity contribution is 5.99. The molecule has 1 N–H and O–H groups in total. The van der Waals surface area contributed by atoms with Gasteiger partial charge in [0.25, 0.3) is 11.5 Å². The lowest BCUT2D eigenvalue weighted by Gasteiger charge is -2.18. The Morgan fingerprint density at radius 1 is 1.25 bits per heavy atom. The van der Waals surface area contributed by atoms with E-state index in [2.05, 4.69) is 5.32 Å². The molecule has 1 unspecified atom stereocenters. The second kappa shape index (κ2) is 7.25. The van der Waals surface area contributed by atoms with E-state index in [0.29, 0.717) is 12.0 Å². The molecule has 0 radical (unpaired) electrons. The Balaban J connectivity index is 2.65. The molecular formula is C19H22N2O3. The van der Waals surface area contributed by atoms with E-state index < -0.39 is 11.5 Å². The van der Waals surface area contributed by atoms with Gasteiger partial charge in [-0.25, -0.2) is 0 Å². The molecule has 1 amide bonds. The van der Waals surface area contributed by atoms with Gasteiger partial charge in [0.15, 0.2) is 5.78 Å². The zero-order valence-electron chi connectivity index (χ0n) is 14.4. The van der Waals surface area contributed by atoms with E-state index in [1.807, 2.05) is 38.1 Å². The summed E-state index contributed by atoms with van der Waals surface area (Å²) in [4.78, 5) is 36.9. The van der Waals surface area contributed by atoms with E-state index in [1.165, 1.54) is 17.7 Å². The monoisotopic (exact) mass is 326 g/mol. The summed E-state index contributed by atoms with van der Waals surface area (Å²) < 4.78 is 1.46. The number of nitrogens with zero attached hydrogens (tertiary/aromatic N) is 1. The number of carbonyl (C=O) groups is 2. The number of nitrogens with one attached hydrogen (secondary N) is 1. The summed E-state index contributed by atoms with van der Waals surface area (Å²) in [5.41, 5.74) is 1.98. The Morgan fingerprint density at radius 3 is 2.54 bits per heavy atom. The van der Waals surface area contributed by atoms with Crippen molar-refractivity contribution in [2.24, 2.45) is 0 Å². The van der Waals surface area contributed by atoms with Crippen LogP contribution in [0.4, 0.5) is 0 Å². The second-order valence-corrected chi connectivity index (χ2v) is 5.80. The number of amides is 1. The molecule has 0 fully saturated rings. The molecule has 0 saturated carbocycles. The van der Waals surface area contributed by atoms with Gasteiger partial charge in [0, 0.05) is 25.2 Å². The quantitative estimate of drug-likeness (QED) is 0.859. The highest BCUT2D eigenvalue weighted by Gasteiger charge is 2.19. The molecule has 2 aromatic rings. The highest BCUT2D eigenvalue weighted by atomic mass is 16.2. The van der Waals surface area contributed by atoms with Crippen molar-refractivity contribution in [3.8, 4) is 0 Å². The molecule has 0 aliphatic carbocycles. The van der Waals surface area contributed by atoms with Gasteiger partial charge in [0.1, 0.15) is 5.56 Å². The molecule has 5 heteroatoms. The number of pyridine rings is 1. The summed E-state index contributed by atoms with van der Waals surface area (Å²) >= 11 is 0. The van der Waals surface area contributed by atoms with Crippen LogP contribution in [0, 0.1) is 6.92 Å². The normalized spacial score (nSPS) is 11.8. The topological polar surface area (TPSA) is 68.2 Å². The summed E-state index contributed by atoms with van der Waals surface area (Å²) in [5.74, 6) is -0.596. The van der Waals surface area contributed by atoms with Crippen LogP contribution in [0.5, 0.6) is 0 Å². The number of hydrogen-bond acceptors (Lipinski definition) is 3. The van der Waals surface area contributed by atoms with Gasteiger partial charge < -0.3 is 9.88 Å². The average molecular weight is 326 g/mol. The first-order valence-electron chi connectivity index (χ1n) is 7.97. The SMILES string of the molecule is CCC(=O)c1cc(C(=O)NC)c(=O)n(C(C)c2cccc(C)c2)c1. The lowest BCUT2D eigenvalue weighted by Crippen LogP contribution is -2.33. The van der Waals surface area contributed by atoms with Gasteiger partial charge in [0.05, 0.1) is 6.04 Å². The first-order chi connectivity index (χ1) is 11.4. The second-order valence-electron chi connectivity index (χ2n) is 5.80. The lowest BCUT2D eigenvalue weighted by molar-refractivity contribution is 0.0961. The molecular weight excluding hydrogens is 304 g/mol. The van der Waals surface area contributed by atoms with Crippen LogP contribution in [-0.2, 0) is 0 Å². The molecule has 0 bridgehead atoms. The summed E-state index contributed by atoms with van der Waals surface area (Å²) in [7, 11) is 1.46. The van der Waals surface area contributed by atoms with Crippen LogP contribution >= 0.6 is 0 Å². The van der Waals surface area contributed by atoms with Crippen LogP contribution in [0.15, 0.2) is 41.3 Å². The molecule has 0 saturated heterocycles. The highest BCUT2D eigenvalue weighted by Crippen LogP contribution is 2.19. The van der Waals surface area contributed by atoms with Crippen LogP contribution in [-0.4, -0.2) is 23.3 Å². The van der Waals surface area contributed by atoms with E-state index in [1.54, 1.807) is 13.1 Å². The summed E-state index contributed by atoms with van der Waals surface area (Å²) in [6, 6.07) is 8.92. The lowest BCUT2D eigenvalue weighted by atomic mass is 10.0. The third kappa shape index (κ3) is 3.45.